The van der Waals surface area contributed by atoms with Gasteiger partial charge in [-0.25, -0.2) is 22.0 Å². The average molecular weight is 636 g/mol. The molecule has 1 aromatic carbocycles. The van der Waals surface area contributed by atoms with Crippen LogP contribution in [0.2, 0.25) is 0 Å². The molecular weight excluding hydrogens is 601 g/mol. The Morgan fingerprint density at radius 3 is 1.21 bits per heavy atom. The second kappa shape index (κ2) is 25.4. The van der Waals surface area contributed by atoms with Crippen LogP contribution in [0.1, 0.15) is 0 Å². The quantitative estimate of drug-likeness (QED) is 0.0206. The van der Waals surface area contributed by atoms with E-state index in [-0.39, 0.29) is 38.2 Å². The Morgan fingerprint density at radius 2 is 0.857 bits per heavy atom. The van der Waals surface area contributed by atoms with Crippen molar-refractivity contribution in [3.8, 4) is 0 Å². The van der Waals surface area contributed by atoms with Crippen LogP contribution in [0, 0.1) is 29.1 Å². The van der Waals surface area contributed by atoms with E-state index in [1.165, 1.54) is 0 Å². The first-order valence-electron chi connectivity index (χ1n) is 12.7. The number of thioether (sulfide) groups is 1. The molecule has 18 heteroatoms. The third-order valence-corrected chi connectivity index (χ3v) is 5.52. The van der Waals surface area contributed by atoms with Gasteiger partial charge in [-0.1, -0.05) is 5.11 Å². The van der Waals surface area contributed by atoms with Gasteiger partial charge < -0.3 is 37.9 Å². The van der Waals surface area contributed by atoms with Crippen molar-refractivity contribution in [3.05, 3.63) is 39.5 Å². The summed E-state index contributed by atoms with van der Waals surface area (Å²) in [6.07, 6.45) is 0. The summed E-state index contributed by atoms with van der Waals surface area (Å²) in [7, 11) is 0. The maximum absolute atomic E-state index is 13.6. The second-order valence-corrected chi connectivity index (χ2v) is 8.73. The van der Waals surface area contributed by atoms with E-state index in [1.807, 2.05) is 0 Å². The van der Waals surface area contributed by atoms with Gasteiger partial charge in [-0.05, 0) is 17.3 Å². The fraction of sp³-hybridized carbons (Fsp3) is 0.708. The Hall–Kier alpha value is -2.12. The maximum atomic E-state index is 13.6. The van der Waals surface area contributed by atoms with E-state index < -0.39 is 45.7 Å². The Bertz CT molecular complexity index is 920. The van der Waals surface area contributed by atoms with Crippen molar-refractivity contribution in [1.82, 2.24) is 0 Å². The third-order valence-electron chi connectivity index (χ3n) is 4.61. The van der Waals surface area contributed by atoms with Crippen LogP contribution in [0.25, 0.3) is 10.4 Å². The smallest absolute Gasteiger partial charge is 0.219 e. The molecule has 0 spiro atoms. The summed E-state index contributed by atoms with van der Waals surface area (Å²) < 4.78 is 109. The molecule has 0 aliphatic rings. The Kier molecular flexibility index (Phi) is 22.9. The van der Waals surface area contributed by atoms with Gasteiger partial charge in [0.1, 0.15) is 6.61 Å². The van der Waals surface area contributed by atoms with Gasteiger partial charge in [-0.3, -0.25) is 4.79 Å². The molecule has 0 aromatic heterocycles. The number of halogens is 5. The molecule has 1 aromatic rings. The van der Waals surface area contributed by atoms with Gasteiger partial charge in [0.2, 0.25) is 10.9 Å². The number of azide groups is 1. The summed E-state index contributed by atoms with van der Waals surface area (Å²) in [5.41, 5.74) is 8.11. The summed E-state index contributed by atoms with van der Waals surface area (Å²) >= 11 is -0.135. The Balaban J connectivity index is 1.82. The van der Waals surface area contributed by atoms with Crippen molar-refractivity contribution in [2.75, 3.05) is 112 Å². The molecule has 0 aliphatic carbocycles. The molecule has 0 heterocycles. The van der Waals surface area contributed by atoms with E-state index >= 15 is 0 Å². The molecule has 42 heavy (non-hydrogen) atoms. The summed E-state index contributed by atoms with van der Waals surface area (Å²) in [5, 5.41) is 2.40. The predicted molar refractivity (Wildman–Crippen MR) is 138 cm³/mol. The highest BCUT2D eigenvalue weighted by atomic mass is 32.2. The SMILES string of the molecule is [N-]=[N+]=NCCOCCOCCOCCOCCOCCOCCOCCOCC(=O)Sc1c(F)c(F)c(F)c(F)c1F. The van der Waals surface area contributed by atoms with Crippen LogP contribution in [-0.4, -0.2) is 117 Å². The molecule has 0 aliphatic heterocycles. The summed E-state index contributed by atoms with van der Waals surface area (Å²) in [5.74, 6) is -10.7. The lowest BCUT2D eigenvalue weighted by molar-refractivity contribution is -0.115. The highest BCUT2D eigenvalue weighted by Crippen LogP contribution is 2.31. The monoisotopic (exact) mass is 635 g/mol. The normalized spacial score (nSPS) is 11.2. The lowest BCUT2D eigenvalue weighted by Gasteiger charge is -2.09. The van der Waals surface area contributed by atoms with E-state index in [2.05, 4.69) is 10.0 Å². The fourth-order valence-corrected chi connectivity index (χ4v) is 3.39. The molecule has 1 rings (SSSR count). The van der Waals surface area contributed by atoms with E-state index in [0.29, 0.717) is 79.2 Å². The molecule has 0 bridgehead atoms. The summed E-state index contributed by atoms with van der Waals surface area (Å²) in [4.78, 5) is 13.1. The number of ether oxygens (including phenoxy) is 8. The first kappa shape index (κ1) is 37.9. The first-order chi connectivity index (χ1) is 20.4. The molecule has 0 unspecified atom stereocenters. The largest absolute Gasteiger partial charge is 0.379 e. The number of carbonyl (C=O) groups excluding carboxylic acids is 1. The zero-order valence-corrected chi connectivity index (χ0v) is 23.7. The molecule has 0 radical (unpaired) electrons. The van der Waals surface area contributed by atoms with Gasteiger partial charge in [0.15, 0.2) is 23.3 Å². The highest BCUT2D eigenvalue weighted by Gasteiger charge is 2.27. The van der Waals surface area contributed by atoms with Crippen molar-refractivity contribution in [1.29, 1.82) is 0 Å². The lowest BCUT2D eigenvalue weighted by Crippen LogP contribution is -2.15. The Morgan fingerprint density at radius 1 is 0.548 bits per heavy atom. The van der Waals surface area contributed by atoms with Gasteiger partial charge in [-0.2, -0.15) is 0 Å². The number of rotatable bonds is 27. The predicted octanol–water partition coefficient (Wildman–Crippen LogP) is 3.44. The van der Waals surface area contributed by atoms with Crippen LogP contribution in [0.3, 0.4) is 0 Å². The minimum Gasteiger partial charge on any atom is -0.379 e. The van der Waals surface area contributed by atoms with E-state index in [0.717, 1.165) is 0 Å². The van der Waals surface area contributed by atoms with Crippen LogP contribution < -0.4 is 0 Å². The zero-order chi connectivity index (χ0) is 30.8. The van der Waals surface area contributed by atoms with Gasteiger partial charge >= 0.3 is 0 Å². The highest BCUT2D eigenvalue weighted by molar-refractivity contribution is 8.13. The molecule has 0 N–H and O–H groups in total. The molecule has 12 nitrogen and oxygen atoms in total. The summed E-state index contributed by atoms with van der Waals surface area (Å²) in [6.45, 7) is 4.64. The minimum absolute atomic E-state index is 0.0387. The number of benzene rings is 1. The van der Waals surface area contributed by atoms with E-state index in [1.54, 1.807) is 0 Å². The van der Waals surface area contributed by atoms with Crippen molar-refractivity contribution in [3.63, 3.8) is 0 Å². The van der Waals surface area contributed by atoms with Gasteiger partial charge in [0.05, 0.1) is 104 Å². The lowest BCUT2D eigenvalue weighted by atomic mass is 10.3. The van der Waals surface area contributed by atoms with Gasteiger partial charge in [-0.15, -0.1) is 0 Å². The number of carbonyl (C=O) groups is 1. The number of hydrogen-bond donors (Lipinski definition) is 0. The first-order valence-corrected chi connectivity index (χ1v) is 13.6. The van der Waals surface area contributed by atoms with Crippen LogP contribution in [0.15, 0.2) is 10.0 Å². The Labute approximate surface area is 243 Å². The number of hydrogen-bond acceptors (Lipinski definition) is 11. The van der Waals surface area contributed by atoms with Crippen LogP contribution in [0.4, 0.5) is 22.0 Å². The average Bonchev–Trinajstić information content (AvgIpc) is 2.99. The topological polar surface area (TPSA) is 140 Å². The molecule has 0 fully saturated rings. The standard InChI is InChI=1S/C24H34F5N3O9S/c25-19-20(26)22(28)24(23(29)21(19)27)42-18(33)17-41-16-15-40-14-13-39-12-11-38-10-9-37-8-7-36-6-5-35-4-3-34-2-1-31-32-30/h1-17H2. The van der Waals surface area contributed by atoms with Crippen molar-refractivity contribution < 1.29 is 64.6 Å². The third kappa shape index (κ3) is 17.7. The summed E-state index contributed by atoms with van der Waals surface area (Å²) in [6, 6.07) is 0. The van der Waals surface area contributed by atoms with Crippen molar-refractivity contribution in [2.24, 2.45) is 5.11 Å². The minimum atomic E-state index is -2.30. The van der Waals surface area contributed by atoms with E-state index in [4.69, 9.17) is 43.4 Å². The van der Waals surface area contributed by atoms with Crippen molar-refractivity contribution >= 4 is 16.9 Å². The maximum Gasteiger partial charge on any atom is 0.219 e. The van der Waals surface area contributed by atoms with Crippen molar-refractivity contribution in [2.45, 2.75) is 4.90 Å². The molecule has 0 amide bonds. The molecular formula is C24H34F5N3O9S. The molecule has 0 atom stereocenters. The number of nitrogens with zero attached hydrogens (tertiary/aromatic N) is 3. The van der Waals surface area contributed by atoms with Crippen LogP contribution in [0.5, 0.6) is 0 Å². The molecule has 240 valence electrons. The van der Waals surface area contributed by atoms with Crippen LogP contribution >= 0.6 is 11.8 Å². The molecule has 0 saturated carbocycles. The zero-order valence-electron chi connectivity index (χ0n) is 22.8. The second-order valence-electron chi connectivity index (χ2n) is 7.67. The van der Waals surface area contributed by atoms with Gasteiger partial charge in [0, 0.05) is 11.5 Å². The van der Waals surface area contributed by atoms with Crippen LogP contribution in [-0.2, 0) is 42.7 Å². The van der Waals surface area contributed by atoms with E-state index in [9.17, 15) is 26.7 Å². The van der Waals surface area contributed by atoms with Gasteiger partial charge in [0.25, 0.3) is 0 Å². The molecule has 0 saturated heterocycles. The fourth-order valence-electron chi connectivity index (χ4n) is 2.66.